The van der Waals surface area contributed by atoms with Gasteiger partial charge in [0.1, 0.15) is 0 Å². The molecule has 2 rings (SSSR count). The minimum Gasteiger partial charge on any atom is -0.348 e. The Morgan fingerprint density at radius 3 is 2.69 bits per heavy atom. The molecule has 1 aliphatic rings. The molecule has 0 radical (unpaired) electrons. The molecule has 4 heteroatoms. The molecule has 1 N–H and O–H groups in total. The Bertz CT molecular complexity index is 370. The summed E-state index contributed by atoms with van der Waals surface area (Å²) in [6.45, 7) is 0.893. The van der Waals surface area contributed by atoms with E-state index in [1.165, 1.54) is 5.69 Å². The molecule has 4 nitrogen and oxygen atoms in total. The maximum absolute atomic E-state index is 4.39. The molecule has 0 saturated carbocycles. The van der Waals surface area contributed by atoms with Crippen LogP contribution in [0.3, 0.4) is 0 Å². The third kappa shape index (κ3) is 2.27. The van der Waals surface area contributed by atoms with Crippen molar-refractivity contribution in [1.29, 1.82) is 0 Å². The summed E-state index contributed by atoms with van der Waals surface area (Å²) in [6, 6.07) is 0.609. The summed E-state index contributed by atoms with van der Waals surface area (Å²) >= 11 is 0. The van der Waals surface area contributed by atoms with Gasteiger partial charge in [-0.25, -0.2) is 4.98 Å². The van der Waals surface area contributed by atoms with Crippen LogP contribution in [0.25, 0.3) is 0 Å². The molecule has 0 amide bonds. The highest BCUT2D eigenvalue weighted by Gasteiger charge is 2.12. The predicted molar refractivity (Wildman–Crippen MR) is 66.5 cm³/mol. The van der Waals surface area contributed by atoms with E-state index >= 15 is 0 Å². The van der Waals surface area contributed by atoms with Gasteiger partial charge in [0, 0.05) is 33.7 Å². The molecule has 1 aromatic heterocycles. The minimum absolute atomic E-state index is 0.609. The highest BCUT2D eigenvalue weighted by atomic mass is 15.3. The molecule has 1 heterocycles. The largest absolute Gasteiger partial charge is 0.348 e. The van der Waals surface area contributed by atoms with Gasteiger partial charge in [0.25, 0.3) is 0 Å². The SMILES string of the molecule is CN(C)c1ncc(CNC2CC=CC2)n1C. The fourth-order valence-electron chi connectivity index (χ4n) is 2.05. The van der Waals surface area contributed by atoms with Crippen molar-refractivity contribution < 1.29 is 0 Å². The zero-order chi connectivity index (χ0) is 11.5. The predicted octanol–water partition coefficient (Wildman–Crippen LogP) is 1.29. The summed E-state index contributed by atoms with van der Waals surface area (Å²) < 4.78 is 2.13. The minimum atomic E-state index is 0.609. The van der Waals surface area contributed by atoms with Crippen molar-refractivity contribution in [2.45, 2.75) is 25.4 Å². The van der Waals surface area contributed by atoms with Crippen LogP contribution in [0.4, 0.5) is 5.95 Å². The van der Waals surface area contributed by atoms with E-state index in [9.17, 15) is 0 Å². The van der Waals surface area contributed by atoms with Crippen molar-refractivity contribution in [2.24, 2.45) is 7.05 Å². The van der Waals surface area contributed by atoms with Gasteiger partial charge in [0.05, 0.1) is 11.9 Å². The summed E-state index contributed by atoms with van der Waals surface area (Å²) in [5.74, 6) is 1.00. The van der Waals surface area contributed by atoms with Crippen molar-refractivity contribution in [1.82, 2.24) is 14.9 Å². The Labute approximate surface area is 97.0 Å². The third-order valence-corrected chi connectivity index (χ3v) is 3.04. The first kappa shape index (κ1) is 11.2. The highest BCUT2D eigenvalue weighted by molar-refractivity contribution is 5.30. The lowest BCUT2D eigenvalue weighted by Crippen LogP contribution is -2.26. The Hall–Kier alpha value is -1.29. The van der Waals surface area contributed by atoms with Gasteiger partial charge >= 0.3 is 0 Å². The topological polar surface area (TPSA) is 33.1 Å². The molecule has 0 aliphatic heterocycles. The van der Waals surface area contributed by atoms with Gasteiger partial charge in [-0.05, 0) is 12.8 Å². The normalized spacial score (nSPS) is 15.9. The van der Waals surface area contributed by atoms with Gasteiger partial charge in [0.2, 0.25) is 5.95 Å². The Balaban J connectivity index is 1.94. The van der Waals surface area contributed by atoms with Crippen LogP contribution in [-0.4, -0.2) is 29.7 Å². The number of hydrogen-bond donors (Lipinski definition) is 1. The number of anilines is 1. The van der Waals surface area contributed by atoms with E-state index < -0.39 is 0 Å². The van der Waals surface area contributed by atoms with Crippen LogP contribution in [-0.2, 0) is 13.6 Å². The van der Waals surface area contributed by atoms with Crippen LogP contribution in [0.5, 0.6) is 0 Å². The molecule has 16 heavy (non-hydrogen) atoms. The number of nitrogens with zero attached hydrogens (tertiary/aromatic N) is 3. The van der Waals surface area contributed by atoms with E-state index in [4.69, 9.17) is 0 Å². The van der Waals surface area contributed by atoms with E-state index in [0.29, 0.717) is 6.04 Å². The fourth-order valence-corrected chi connectivity index (χ4v) is 2.05. The summed E-state index contributed by atoms with van der Waals surface area (Å²) in [5, 5.41) is 3.55. The van der Waals surface area contributed by atoms with Crippen molar-refractivity contribution in [2.75, 3.05) is 19.0 Å². The van der Waals surface area contributed by atoms with Crippen LogP contribution < -0.4 is 10.2 Å². The summed E-state index contributed by atoms with van der Waals surface area (Å²) in [4.78, 5) is 6.42. The number of rotatable bonds is 4. The van der Waals surface area contributed by atoms with Gasteiger partial charge in [0.15, 0.2) is 0 Å². The summed E-state index contributed by atoms with van der Waals surface area (Å²) in [7, 11) is 6.09. The molecule has 0 fully saturated rings. The van der Waals surface area contributed by atoms with E-state index in [1.54, 1.807) is 0 Å². The van der Waals surface area contributed by atoms with Gasteiger partial charge in [-0.15, -0.1) is 0 Å². The lowest BCUT2D eigenvalue weighted by atomic mass is 10.2. The first-order valence-electron chi connectivity index (χ1n) is 5.75. The average molecular weight is 220 g/mol. The lowest BCUT2D eigenvalue weighted by molar-refractivity contribution is 0.526. The molecule has 0 spiro atoms. The van der Waals surface area contributed by atoms with E-state index in [0.717, 1.165) is 25.3 Å². The fraction of sp³-hybridized carbons (Fsp3) is 0.583. The van der Waals surface area contributed by atoms with Crippen LogP contribution in [0.15, 0.2) is 18.3 Å². The van der Waals surface area contributed by atoms with Crippen molar-refractivity contribution in [3.8, 4) is 0 Å². The zero-order valence-electron chi connectivity index (χ0n) is 10.3. The molecular formula is C12H20N4. The molecular weight excluding hydrogens is 200 g/mol. The van der Waals surface area contributed by atoms with Crippen molar-refractivity contribution in [3.05, 3.63) is 24.0 Å². The van der Waals surface area contributed by atoms with Crippen LogP contribution in [0.1, 0.15) is 18.5 Å². The first-order chi connectivity index (χ1) is 7.68. The Kier molecular flexibility index (Phi) is 3.29. The smallest absolute Gasteiger partial charge is 0.204 e. The molecule has 0 aromatic carbocycles. The highest BCUT2D eigenvalue weighted by Crippen LogP contribution is 2.13. The molecule has 1 aromatic rings. The molecule has 0 unspecified atom stereocenters. The van der Waals surface area contributed by atoms with Crippen molar-refractivity contribution >= 4 is 5.95 Å². The molecule has 0 bridgehead atoms. The molecule has 0 atom stereocenters. The standard InChI is InChI=1S/C12H20N4/c1-15(2)12-14-9-11(16(12)3)8-13-10-6-4-5-7-10/h4-5,9-10,13H,6-8H2,1-3H3. The van der Waals surface area contributed by atoms with Gasteiger partial charge < -0.3 is 14.8 Å². The zero-order valence-corrected chi connectivity index (χ0v) is 10.3. The van der Waals surface area contributed by atoms with Gasteiger partial charge in [-0.2, -0.15) is 0 Å². The molecule has 88 valence electrons. The Morgan fingerprint density at radius 1 is 1.44 bits per heavy atom. The monoisotopic (exact) mass is 220 g/mol. The second-order valence-electron chi connectivity index (χ2n) is 4.52. The van der Waals surface area contributed by atoms with E-state index in [2.05, 4.69) is 34.1 Å². The maximum atomic E-state index is 4.39. The first-order valence-corrected chi connectivity index (χ1v) is 5.75. The quantitative estimate of drug-likeness (QED) is 0.776. The third-order valence-electron chi connectivity index (χ3n) is 3.04. The number of nitrogens with one attached hydrogen (secondary N) is 1. The van der Waals surface area contributed by atoms with Crippen LogP contribution in [0.2, 0.25) is 0 Å². The number of aromatic nitrogens is 2. The van der Waals surface area contributed by atoms with Gasteiger partial charge in [-0.3, -0.25) is 0 Å². The Morgan fingerprint density at radius 2 is 2.12 bits per heavy atom. The van der Waals surface area contributed by atoms with Gasteiger partial charge in [-0.1, -0.05) is 12.2 Å². The van der Waals surface area contributed by atoms with E-state index in [-0.39, 0.29) is 0 Å². The second-order valence-corrected chi connectivity index (χ2v) is 4.52. The number of imidazole rings is 1. The maximum Gasteiger partial charge on any atom is 0.204 e. The van der Waals surface area contributed by atoms with Crippen molar-refractivity contribution in [3.63, 3.8) is 0 Å². The number of hydrogen-bond acceptors (Lipinski definition) is 3. The van der Waals surface area contributed by atoms with E-state index in [1.807, 2.05) is 25.2 Å². The van der Waals surface area contributed by atoms with Crippen LogP contribution >= 0.6 is 0 Å². The van der Waals surface area contributed by atoms with Crippen LogP contribution in [0, 0.1) is 0 Å². The summed E-state index contributed by atoms with van der Waals surface area (Å²) in [5.41, 5.74) is 1.23. The molecule has 1 aliphatic carbocycles. The summed E-state index contributed by atoms with van der Waals surface area (Å²) in [6.07, 6.45) is 8.74. The second kappa shape index (κ2) is 4.70. The average Bonchev–Trinajstić information content (AvgIpc) is 2.84. The lowest BCUT2D eigenvalue weighted by Gasteiger charge is -2.14. The molecule has 0 saturated heterocycles.